The lowest BCUT2D eigenvalue weighted by Crippen LogP contribution is -1.90. The van der Waals surface area contributed by atoms with Gasteiger partial charge >= 0.3 is 0 Å². The molecule has 0 spiro atoms. The third-order valence-corrected chi connectivity index (χ3v) is 5.78. The lowest BCUT2D eigenvalue weighted by Gasteiger charge is -2.11. The molecular formula is C9H9Br3. The van der Waals surface area contributed by atoms with E-state index in [-0.39, 0.29) is 0 Å². The Morgan fingerprint density at radius 3 is 1.42 bits per heavy atom. The molecule has 1 aromatic carbocycles. The first kappa shape index (κ1) is 10.7. The van der Waals surface area contributed by atoms with Gasteiger partial charge in [0.2, 0.25) is 0 Å². The SMILES string of the molecule is Cc1c(C)c(Br)c(Br)c(C)c1Br. The Balaban J connectivity index is 3.60. The molecule has 0 radical (unpaired) electrons. The molecule has 0 amide bonds. The van der Waals surface area contributed by atoms with Crippen LogP contribution in [0, 0.1) is 20.8 Å². The van der Waals surface area contributed by atoms with Crippen LogP contribution in [0.1, 0.15) is 16.7 Å². The van der Waals surface area contributed by atoms with Gasteiger partial charge < -0.3 is 0 Å². The zero-order valence-corrected chi connectivity index (χ0v) is 11.9. The van der Waals surface area contributed by atoms with Crippen molar-refractivity contribution in [2.45, 2.75) is 20.8 Å². The molecule has 0 nitrogen and oxygen atoms in total. The molecule has 0 fully saturated rings. The van der Waals surface area contributed by atoms with Gasteiger partial charge in [-0.05, 0) is 69.3 Å². The van der Waals surface area contributed by atoms with Crippen molar-refractivity contribution in [3.8, 4) is 0 Å². The van der Waals surface area contributed by atoms with Crippen molar-refractivity contribution in [2.24, 2.45) is 0 Å². The molecule has 0 aliphatic rings. The van der Waals surface area contributed by atoms with E-state index in [0.29, 0.717) is 0 Å². The summed E-state index contributed by atoms with van der Waals surface area (Å²) in [5.41, 5.74) is 3.81. The topological polar surface area (TPSA) is 0 Å². The van der Waals surface area contributed by atoms with E-state index in [1.54, 1.807) is 0 Å². The fraction of sp³-hybridized carbons (Fsp3) is 0.333. The number of hydrogen-bond donors (Lipinski definition) is 0. The van der Waals surface area contributed by atoms with Crippen molar-refractivity contribution in [3.05, 3.63) is 30.1 Å². The molecule has 0 heterocycles. The van der Waals surface area contributed by atoms with Gasteiger partial charge in [-0.25, -0.2) is 0 Å². The van der Waals surface area contributed by atoms with Gasteiger partial charge in [-0.2, -0.15) is 0 Å². The summed E-state index contributed by atoms with van der Waals surface area (Å²) in [6.45, 7) is 6.31. The molecule has 0 aliphatic carbocycles. The summed E-state index contributed by atoms with van der Waals surface area (Å²) in [5, 5.41) is 0. The Hall–Kier alpha value is 0.660. The van der Waals surface area contributed by atoms with E-state index in [9.17, 15) is 0 Å². The summed E-state index contributed by atoms with van der Waals surface area (Å²) in [4.78, 5) is 0. The Morgan fingerprint density at radius 2 is 0.917 bits per heavy atom. The number of halogens is 3. The van der Waals surface area contributed by atoms with Crippen molar-refractivity contribution >= 4 is 47.8 Å². The van der Waals surface area contributed by atoms with Gasteiger partial charge in [0, 0.05) is 13.4 Å². The monoisotopic (exact) mass is 354 g/mol. The Morgan fingerprint density at radius 1 is 0.583 bits per heavy atom. The molecule has 0 saturated carbocycles. The zero-order valence-electron chi connectivity index (χ0n) is 7.13. The Labute approximate surface area is 98.1 Å². The summed E-state index contributed by atoms with van der Waals surface area (Å²) in [5.74, 6) is 0. The minimum atomic E-state index is 1.14. The van der Waals surface area contributed by atoms with E-state index in [1.165, 1.54) is 21.2 Å². The predicted octanol–water partition coefficient (Wildman–Crippen LogP) is 4.90. The molecule has 0 aromatic heterocycles. The third kappa shape index (κ3) is 1.64. The van der Waals surface area contributed by atoms with Crippen LogP contribution in [0.5, 0.6) is 0 Å². The van der Waals surface area contributed by atoms with Crippen molar-refractivity contribution < 1.29 is 0 Å². The van der Waals surface area contributed by atoms with Crippen LogP contribution in [-0.2, 0) is 0 Å². The highest BCUT2D eigenvalue weighted by molar-refractivity contribution is 9.13. The minimum absolute atomic E-state index is 1.14. The van der Waals surface area contributed by atoms with Crippen molar-refractivity contribution in [2.75, 3.05) is 0 Å². The minimum Gasteiger partial charge on any atom is -0.0502 e. The maximum atomic E-state index is 3.56. The van der Waals surface area contributed by atoms with E-state index in [0.717, 1.165) is 8.95 Å². The Bertz CT molecular complexity index is 224. The molecule has 0 atom stereocenters. The second-order valence-electron chi connectivity index (χ2n) is 2.82. The molecule has 66 valence electrons. The molecule has 12 heavy (non-hydrogen) atoms. The first-order valence-electron chi connectivity index (χ1n) is 3.57. The van der Waals surface area contributed by atoms with Gasteiger partial charge in [0.1, 0.15) is 0 Å². The predicted molar refractivity (Wildman–Crippen MR) is 63.8 cm³/mol. The van der Waals surface area contributed by atoms with E-state index in [1.807, 2.05) is 0 Å². The molecule has 0 bridgehead atoms. The van der Waals surface area contributed by atoms with E-state index >= 15 is 0 Å². The van der Waals surface area contributed by atoms with Gasteiger partial charge in [0.05, 0.1) is 0 Å². The number of hydrogen-bond acceptors (Lipinski definition) is 0. The van der Waals surface area contributed by atoms with Gasteiger partial charge in [-0.3, -0.25) is 0 Å². The van der Waals surface area contributed by atoms with Gasteiger partial charge in [0.15, 0.2) is 0 Å². The van der Waals surface area contributed by atoms with Gasteiger partial charge in [-0.15, -0.1) is 0 Å². The van der Waals surface area contributed by atoms with E-state index in [2.05, 4.69) is 68.6 Å². The summed E-state index contributed by atoms with van der Waals surface area (Å²) in [7, 11) is 0. The molecule has 0 aliphatic heterocycles. The lowest BCUT2D eigenvalue weighted by molar-refractivity contribution is 1.23. The van der Waals surface area contributed by atoms with Crippen LogP contribution in [0.25, 0.3) is 0 Å². The van der Waals surface area contributed by atoms with Crippen LogP contribution in [0.4, 0.5) is 0 Å². The first-order valence-corrected chi connectivity index (χ1v) is 5.95. The molecule has 3 heteroatoms. The lowest BCUT2D eigenvalue weighted by atomic mass is 10.1. The average Bonchev–Trinajstić information content (AvgIpc) is 2.08. The second kappa shape index (κ2) is 3.81. The largest absolute Gasteiger partial charge is 0.0502 e. The van der Waals surface area contributed by atoms with Gasteiger partial charge in [0.25, 0.3) is 0 Å². The quantitative estimate of drug-likeness (QED) is 0.580. The maximum Gasteiger partial charge on any atom is 0.0360 e. The third-order valence-electron chi connectivity index (χ3n) is 2.07. The molecule has 0 unspecified atom stereocenters. The standard InChI is InChI=1S/C9H9Br3/c1-4-5(2)8(11)9(12)6(3)7(4)10/h1-3H3. The van der Waals surface area contributed by atoms with Crippen molar-refractivity contribution in [3.63, 3.8) is 0 Å². The zero-order chi connectivity index (χ0) is 9.46. The molecule has 0 saturated heterocycles. The van der Waals surface area contributed by atoms with Gasteiger partial charge in [-0.1, -0.05) is 15.9 Å². The van der Waals surface area contributed by atoms with Crippen molar-refractivity contribution in [1.29, 1.82) is 0 Å². The van der Waals surface area contributed by atoms with Crippen LogP contribution in [0.3, 0.4) is 0 Å². The fourth-order valence-electron chi connectivity index (χ4n) is 1.04. The summed E-state index contributed by atoms with van der Waals surface area (Å²) in [6, 6.07) is 0. The Kier molecular flexibility index (Phi) is 3.41. The van der Waals surface area contributed by atoms with Crippen molar-refractivity contribution in [1.82, 2.24) is 0 Å². The fourth-order valence-corrected chi connectivity index (χ4v) is 2.89. The van der Waals surface area contributed by atoms with E-state index < -0.39 is 0 Å². The molecular weight excluding hydrogens is 348 g/mol. The van der Waals surface area contributed by atoms with Crippen LogP contribution >= 0.6 is 47.8 Å². The van der Waals surface area contributed by atoms with Crippen LogP contribution in [-0.4, -0.2) is 0 Å². The second-order valence-corrected chi connectivity index (χ2v) is 5.20. The highest BCUT2D eigenvalue weighted by atomic mass is 79.9. The summed E-state index contributed by atoms with van der Waals surface area (Å²) in [6.07, 6.45) is 0. The molecule has 1 aromatic rings. The van der Waals surface area contributed by atoms with Crippen LogP contribution in [0.2, 0.25) is 0 Å². The highest BCUT2D eigenvalue weighted by Crippen LogP contribution is 2.37. The summed E-state index contributed by atoms with van der Waals surface area (Å²) >= 11 is 10.6. The van der Waals surface area contributed by atoms with Crippen LogP contribution in [0.15, 0.2) is 13.4 Å². The first-order chi connectivity index (χ1) is 5.46. The normalized spacial score (nSPS) is 10.5. The van der Waals surface area contributed by atoms with E-state index in [4.69, 9.17) is 0 Å². The smallest absolute Gasteiger partial charge is 0.0360 e. The number of benzene rings is 1. The summed E-state index contributed by atoms with van der Waals surface area (Å²) < 4.78 is 3.48. The highest BCUT2D eigenvalue weighted by Gasteiger charge is 2.11. The average molecular weight is 357 g/mol. The maximum absolute atomic E-state index is 3.56. The number of rotatable bonds is 0. The molecule has 1 rings (SSSR count). The van der Waals surface area contributed by atoms with Crippen LogP contribution < -0.4 is 0 Å². The molecule has 0 N–H and O–H groups in total.